The van der Waals surface area contributed by atoms with E-state index in [0.717, 1.165) is 0 Å². The number of β-amino-alcohol motifs (C(OH)–C–C–N with tert-alkyl or cyclic N) is 1. The summed E-state index contributed by atoms with van der Waals surface area (Å²) in [7, 11) is 3.00. The van der Waals surface area contributed by atoms with Crippen LogP contribution in [0.4, 0.5) is 0 Å². The highest BCUT2D eigenvalue weighted by atomic mass is 16.5. The Morgan fingerprint density at radius 3 is 2.28 bits per heavy atom. The highest BCUT2D eigenvalue weighted by molar-refractivity contribution is 5.95. The Morgan fingerprint density at radius 2 is 1.84 bits per heavy atom. The van der Waals surface area contributed by atoms with Gasteiger partial charge in [-0.1, -0.05) is 13.3 Å². The van der Waals surface area contributed by atoms with E-state index in [0.29, 0.717) is 29.9 Å². The van der Waals surface area contributed by atoms with Crippen molar-refractivity contribution in [2.24, 2.45) is 5.41 Å². The molecule has 0 spiro atoms. The van der Waals surface area contributed by atoms with Crippen LogP contribution < -0.4 is 9.47 Å². The smallest absolute Gasteiger partial charge is 0.312 e. The molecule has 7 nitrogen and oxygen atoms in total. The third kappa shape index (κ3) is 3.71. The van der Waals surface area contributed by atoms with Gasteiger partial charge < -0.3 is 24.6 Å². The molecular formula is C18H25NO6. The third-order valence-electron chi connectivity index (χ3n) is 4.87. The van der Waals surface area contributed by atoms with Gasteiger partial charge in [0.05, 0.1) is 25.7 Å². The van der Waals surface area contributed by atoms with Crippen LogP contribution in [-0.4, -0.2) is 60.4 Å². The summed E-state index contributed by atoms with van der Waals surface area (Å²) in [5.74, 6) is -0.305. The molecule has 0 bridgehead atoms. The van der Waals surface area contributed by atoms with Gasteiger partial charge in [-0.05, 0) is 25.0 Å². The number of rotatable bonds is 6. The van der Waals surface area contributed by atoms with Gasteiger partial charge in [0.2, 0.25) is 0 Å². The summed E-state index contributed by atoms with van der Waals surface area (Å²) in [6.07, 6.45) is 0.169. The second-order valence-electron chi connectivity index (χ2n) is 6.33. The van der Waals surface area contributed by atoms with E-state index in [1.165, 1.54) is 19.1 Å². The Kier molecular flexibility index (Phi) is 5.89. The highest BCUT2D eigenvalue weighted by Crippen LogP contribution is 2.37. The first kappa shape index (κ1) is 19.1. The minimum Gasteiger partial charge on any atom is -0.497 e. The number of ether oxygens (including phenoxy) is 2. The molecule has 2 atom stereocenters. The number of hydrogen-bond acceptors (Lipinski definition) is 5. The maximum Gasteiger partial charge on any atom is 0.312 e. The van der Waals surface area contributed by atoms with Crippen molar-refractivity contribution < 1.29 is 29.3 Å². The van der Waals surface area contributed by atoms with Crippen LogP contribution >= 0.6 is 0 Å². The molecule has 1 aliphatic rings. The molecule has 0 saturated carbocycles. The average Bonchev–Trinajstić information content (AvgIpc) is 2.62. The van der Waals surface area contributed by atoms with Crippen molar-refractivity contribution in [1.29, 1.82) is 0 Å². The van der Waals surface area contributed by atoms with Crippen molar-refractivity contribution in [3.05, 3.63) is 23.8 Å². The van der Waals surface area contributed by atoms with Crippen LogP contribution in [0.1, 0.15) is 36.5 Å². The quantitative estimate of drug-likeness (QED) is 0.811. The number of carbonyl (C=O) groups is 2. The molecule has 2 N–H and O–H groups in total. The van der Waals surface area contributed by atoms with Gasteiger partial charge in [-0.2, -0.15) is 0 Å². The predicted octanol–water partition coefficient (Wildman–Crippen LogP) is 1.78. The average molecular weight is 351 g/mol. The van der Waals surface area contributed by atoms with Crippen LogP contribution in [0.3, 0.4) is 0 Å². The van der Waals surface area contributed by atoms with Crippen molar-refractivity contribution in [3.63, 3.8) is 0 Å². The van der Waals surface area contributed by atoms with Crippen LogP contribution in [-0.2, 0) is 4.79 Å². The minimum atomic E-state index is -1.18. The van der Waals surface area contributed by atoms with E-state index in [9.17, 15) is 19.8 Å². The lowest BCUT2D eigenvalue weighted by Crippen LogP contribution is -2.56. The Hall–Kier alpha value is -2.28. The molecule has 7 heteroatoms. The van der Waals surface area contributed by atoms with Crippen LogP contribution in [0.5, 0.6) is 11.5 Å². The normalized spacial score (nSPS) is 23.2. The molecule has 1 aromatic carbocycles. The number of aliphatic hydroxyl groups excluding tert-OH is 1. The molecule has 138 valence electrons. The van der Waals surface area contributed by atoms with E-state index >= 15 is 0 Å². The zero-order valence-corrected chi connectivity index (χ0v) is 14.8. The van der Waals surface area contributed by atoms with Crippen LogP contribution in [0.25, 0.3) is 0 Å². The topological polar surface area (TPSA) is 96.3 Å². The first-order chi connectivity index (χ1) is 11.9. The number of amides is 1. The predicted molar refractivity (Wildman–Crippen MR) is 91.1 cm³/mol. The fourth-order valence-corrected chi connectivity index (χ4v) is 3.37. The molecule has 0 aromatic heterocycles. The van der Waals surface area contributed by atoms with Gasteiger partial charge in [0.15, 0.2) is 0 Å². The Morgan fingerprint density at radius 1 is 1.24 bits per heavy atom. The van der Waals surface area contributed by atoms with E-state index in [2.05, 4.69) is 0 Å². The fourth-order valence-electron chi connectivity index (χ4n) is 3.37. The molecule has 1 aromatic rings. The fraction of sp³-hybridized carbons (Fsp3) is 0.556. The standard InChI is InChI=1S/C18H25NO6/c1-4-5-18(17(22)23)6-7-19(11-15(18)20)16(21)12-8-13(24-2)10-14(9-12)25-3/h8-10,15,20H,4-7,11H2,1-3H3,(H,22,23)/t15-,18-/m0/s1. The molecule has 1 fully saturated rings. The number of piperidine rings is 1. The van der Waals surface area contributed by atoms with Gasteiger partial charge in [-0.25, -0.2) is 0 Å². The second kappa shape index (κ2) is 7.74. The zero-order valence-electron chi connectivity index (χ0n) is 14.8. The molecule has 0 radical (unpaired) electrons. The number of carboxylic acids is 1. The minimum absolute atomic E-state index is 0.00927. The van der Waals surface area contributed by atoms with Gasteiger partial charge in [0.1, 0.15) is 11.5 Å². The first-order valence-electron chi connectivity index (χ1n) is 8.31. The number of aliphatic carboxylic acids is 1. The van der Waals surface area contributed by atoms with Crippen LogP contribution in [0.2, 0.25) is 0 Å². The molecule has 1 amide bonds. The van der Waals surface area contributed by atoms with Crippen molar-refractivity contribution in [1.82, 2.24) is 4.90 Å². The molecule has 25 heavy (non-hydrogen) atoms. The largest absolute Gasteiger partial charge is 0.497 e. The Bertz CT molecular complexity index is 624. The monoisotopic (exact) mass is 351 g/mol. The van der Waals surface area contributed by atoms with E-state index < -0.39 is 17.5 Å². The first-order valence-corrected chi connectivity index (χ1v) is 8.31. The molecule has 0 aliphatic carbocycles. The highest BCUT2D eigenvalue weighted by Gasteiger charge is 2.48. The Labute approximate surface area is 147 Å². The van der Waals surface area contributed by atoms with E-state index in [-0.39, 0.29) is 25.4 Å². The second-order valence-corrected chi connectivity index (χ2v) is 6.33. The number of hydrogen-bond donors (Lipinski definition) is 2. The lowest BCUT2D eigenvalue weighted by Gasteiger charge is -2.42. The Balaban J connectivity index is 2.22. The van der Waals surface area contributed by atoms with Crippen LogP contribution in [0.15, 0.2) is 18.2 Å². The lowest BCUT2D eigenvalue weighted by molar-refractivity contribution is -0.162. The van der Waals surface area contributed by atoms with Gasteiger partial charge >= 0.3 is 5.97 Å². The number of carboxylic acid groups (broad SMARTS) is 1. The third-order valence-corrected chi connectivity index (χ3v) is 4.87. The van der Waals surface area contributed by atoms with Crippen molar-refractivity contribution in [3.8, 4) is 11.5 Å². The number of aliphatic hydroxyl groups is 1. The summed E-state index contributed by atoms with van der Waals surface area (Å²) in [5.41, 5.74) is -0.806. The van der Waals surface area contributed by atoms with Gasteiger partial charge in [0, 0.05) is 24.7 Å². The summed E-state index contributed by atoms with van der Waals surface area (Å²) in [6, 6.07) is 4.86. The summed E-state index contributed by atoms with van der Waals surface area (Å²) in [5, 5.41) is 20.0. The van der Waals surface area contributed by atoms with E-state index in [4.69, 9.17) is 9.47 Å². The van der Waals surface area contributed by atoms with Crippen LogP contribution in [0, 0.1) is 5.41 Å². The number of methoxy groups -OCH3 is 2. The summed E-state index contributed by atoms with van der Waals surface area (Å²) < 4.78 is 10.3. The molecule has 0 unspecified atom stereocenters. The number of nitrogens with zero attached hydrogens (tertiary/aromatic N) is 1. The van der Waals surface area contributed by atoms with Gasteiger partial charge in [0.25, 0.3) is 5.91 Å². The number of likely N-dealkylation sites (tertiary alicyclic amines) is 1. The molecule has 1 heterocycles. The number of benzene rings is 1. The molecular weight excluding hydrogens is 326 g/mol. The summed E-state index contributed by atoms with van der Waals surface area (Å²) >= 11 is 0. The zero-order chi connectivity index (χ0) is 18.6. The maximum atomic E-state index is 12.8. The van der Waals surface area contributed by atoms with Crippen molar-refractivity contribution in [2.75, 3.05) is 27.3 Å². The molecule has 1 aliphatic heterocycles. The van der Waals surface area contributed by atoms with Gasteiger partial charge in [-0.15, -0.1) is 0 Å². The van der Waals surface area contributed by atoms with E-state index in [1.54, 1.807) is 18.2 Å². The summed E-state index contributed by atoms with van der Waals surface area (Å²) in [4.78, 5) is 26.0. The maximum absolute atomic E-state index is 12.8. The number of carbonyl (C=O) groups excluding carboxylic acids is 1. The SMILES string of the molecule is CCC[C@]1(C(=O)O)CCN(C(=O)c2cc(OC)cc(OC)c2)C[C@@H]1O. The van der Waals surface area contributed by atoms with Gasteiger partial charge in [-0.3, -0.25) is 9.59 Å². The molecule has 1 saturated heterocycles. The van der Waals surface area contributed by atoms with Crippen molar-refractivity contribution in [2.45, 2.75) is 32.3 Å². The lowest BCUT2D eigenvalue weighted by atomic mass is 9.72. The van der Waals surface area contributed by atoms with E-state index in [1.807, 2.05) is 6.92 Å². The summed E-state index contributed by atoms with van der Waals surface area (Å²) in [6.45, 7) is 2.16. The molecule has 2 rings (SSSR count). The van der Waals surface area contributed by atoms with Crippen molar-refractivity contribution >= 4 is 11.9 Å².